The lowest BCUT2D eigenvalue weighted by atomic mass is 9.97. The Bertz CT molecular complexity index is 736. The molecule has 1 heterocycles. The van der Waals surface area contributed by atoms with E-state index < -0.39 is 16.1 Å². The summed E-state index contributed by atoms with van der Waals surface area (Å²) in [6.07, 6.45) is 1.14. The lowest BCUT2D eigenvalue weighted by Crippen LogP contribution is -2.54. The largest absolute Gasteiger partial charge is 0.394 e. The molecule has 0 aromatic heterocycles. The van der Waals surface area contributed by atoms with E-state index in [0.29, 0.717) is 19.3 Å². The molecule has 158 valence electrons. The van der Waals surface area contributed by atoms with Gasteiger partial charge in [0.2, 0.25) is 10.0 Å². The number of urea groups is 1. The average molecular weight is 414 g/mol. The van der Waals surface area contributed by atoms with Gasteiger partial charge in [0.05, 0.1) is 23.6 Å². The number of sulfonamides is 1. The summed E-state index contributed by atoms with van der Waals surface area (Å²) in [7, 11) is -3.56. The second kappa shape index (κ2) is 10.2. The van der Waals surface area contributed by atoms with Gasteiger partial charge in [-0.1, -0.05) is 17.7 Å². The van der Waals surface area contributed by atoms with Crippen LogP contribution in [0.4, 0.5) is 4.79 Å². The minimum Gasteiger partial charge on any atom is -0.394 e. The minimum atomic E-state index is -3.56. The van der Waals surface area contributed by atoms with Crippen molar-refractivity contribution in [3.05, 3.63) is 29.8 Å². The van der Waals surface area contributed by atoms with Crippen LogP contribution in [-0.4, -0.2) is 57.0 Å². The molecule has 0 radical (unpaired) electrons. The number of hydrogen-bond acceptors (Lipinski definition) is 5. The van der Waals surface area contributed by atoms with Crippen LogP contribution in [0.15, 0.2) is 29.2 Å². The molecule has 2 rings (SSSR count). The standard InChI is InChI=1S/C19H31N3O5S/c1-13(2)21-19(24)22-17-9-6-15(27-18(17)12-23)10-11-20-28(25,26)16-7-4-14(3)5-8-16/h4-5,7-8,13,15,17-18,20,23H,6,9-12H2,1-3H3,(H2,21,22,24)/t15-,17-,18-/m1/s1. The van der Waals surface area contributed by atoms with Gasteiger partial charge in [0.25, 0.3) is 0 Å². The molecule has 1 aromatic rings. The van der Waals surface area contributed by atoms with E-state index in [1.807, 2.05) is 20.8 Å². The lowest BCUT2D eigenvalue weighted by molar-refractivity contribution is -0.0886. The topological polar surface area (TPSA) is 117 Å². The van der Waals surface area contributed by atoms with Crippen LogP contribution in [0.25, 0.3) is 0 Å². The molecule has 28 heavy (non-hydrogen) atoms. The van der Waals surface area contributed by atoms with E-state index in [0.717, 1.165) is 5.56 Å². The Balaban J connectivity index is 1.81. The third-order valence-electron chi connectivity index (χ3n) is 4.62. The number of benzene rings is 1. The molecule has 2 amide bonds. The van der Waals surface area contributed by atoms with Crippen molar-refractivity contribution in [2.45, 2.75) is 69.2 Å². The fourth-order valence-corrected chi connectivity index (χ4v) is 4.18. The molecule has 4 N–H and O–H groups in total. The molecule has 0 aliphatic carbocycles. The van der Waals surface area contributed by atoms with Crippen molar-refractivity contribution < 1.29 is 23.1 Å². The molecule has 1 fully saturated rings. The highest BCUT2D eigenvalue weighted by molar-refractivity contribution is 7.89. The van der Waals surface area contributed by atoms with E-state index in [1.165, 1.54) is 0 Å². The molecule has 1 aliphatic heterocycles. The molecular weight excluding hydrogens is 382 g/mol. The van der Waals surface area contributed by atoms with E-state index in [-0.39, 0.29) is 42.3 Å². The Kier molecular flexibility index (Phi) is 8.23. The van der Waals surface area contributed by atoms with Crippen LogP contribution in [0.1, 0.15) is 38.7 Å². The molecule has 0 bridgehead atoms. The van der Waals surface area contributed by atoms with Gasteiger partial charge in [-0.25, -0.2) is 17.9 Å². The van der Waals surface area contributed by atoms with Gasteiger partial charge in [-0.3, -0.25) is 0 Å². The Morgan fingerprint density at radius 3 is 2.54 bits per heavy atom. The zero-order valence-electron chi connectivity index (χ0n) is 16.6. The summed E-state index contributed by atoms with van der Waals surface area (Å²) in [5.74, 6) is 0. The number of hydrogen-bond donors (Lipinski definition) is 4. The van der Waals surface area contributed by atoms with Crippen molar-refractivity contribution >= 4 is 16.1 Å². The smallest absolute Gasteiger partial charge is 0.315 e. The number of aliphatic hydroxyl groups is 1. The summed E-state index contributed by atoms with van der Waals surface area (Å²) in [4.78, 5) is 12.1. The maximum Gasteiger partial charge on any atom is 0.315 e. The fraction of sp³-hybridized carbons (Fsp3) is 0.632. The van der Waals surface area contributed by atoms with E-state index in [4.69, 9.17) is 4.74 Å². The van der Waals surface area contributed by atoms with Gasteiger partial charge in [-0.2, -0.15) is 0 Å². The second-order valence-corrected chi connectivity index (χ2v) is 9.20. The van der Waals surface area contributed by atoms with Gasteiger partial charge in [0.15, 0.2) is 0 Å². The number of amides is 2. The zero-order valence-corrected chi connectivity index (χ0v) is 17.5. The summed E-state index contributed by atoms with van der Waals surface area (Å²) < 4.78 is 33.1. The number of carbonyl (C=O) groups excluding carboxylic acids is 1. The van der Waals surface area contributed by atoms with Crippen molar-refractivity contribution in [2.24, 2.45) is 0 Å². The van der Waals surface area contributed by atoms with Crippen molar-refractivity contribution in [1.29, 1.82) is 0 Å². The van der Waals surface area contributed by atoms with Crippen LogP contribution in [0.5, 0.6) is 0 Å². The summed E-state index contributed by atoms with van der Waals surface area (Å²) in [5.41, 5.74) is 0.995. The molecule has 1 aliphatic rings. The lowest BCUT2D eigenvalue weighted by Gasteiger charge is -2.36. The maximum absolute atomic E-state index is 12.3. The third kappa shape index (κ3) is 6.73. The number of nitrogens with one attached hydrogen (secondary N) is 3. The predicted molar refractivity (Wildman–Crippen MR) is 107 cm³/mol. The Hall–Kier alpha value is -1.68. The normalized spacial score (nSPS) is 22.8. The minimum absolute atomic E-state index is 0.0198. The Labute approximate surface area is 167 Å². The van der Waals surface area contributed by atoms with Crippen LogP contribution >= 0.6 is 0 Å². The monoisotopic (exact) mass is 413 g/mol. The quantitative estimate of drug-likeness (QED) is 0.512. The van der Waals surface area contributed by atoms with E-state index in [1.54, 1.807) is 24.3 Å². The van der Waals surface area contributed by atoms with Gasteiger partial charge in [0.1, 0.15) is 6.10 Å². The SMILES string of the molecule is Cc1ccc(S(=O)(=O)NCC[C@H]2CC[C@@H](NC(=O)NC(C)C)[C@@H](CO)O2)cc1. The summed E-state index contributed by atoms with van der Waals surface area (Å²) >= 11 is 0. The first kappa shape index (κ1) is 22.6. The van der Waals surface area contributed by atoms with Gasteiger partial charge >= 0.3 is 6.03 Å². The number of aliphatic hydroxyl groups excluding tert-OH is 1. The van der Waals surface area contributed by atoms with Crippen LogP contribution < -0.4 is 15.4 Å². The maximum atomic E-state index is 12.3. The van der Waals surface area contributed by atoms with Gasteiger partial charge in [-0.05, 0) is 52.2 Å². The van der Waals surface area contributed by atoms with Crippen LogP contribution in [-0.2, 0) is 14.8 Å². The first-order valence-electron chi connectivity index (χ1n) is 9.61. The zero-order chi connectivity index (χ0) is 20.7. The van der Waals surface area contributed by atoms with Crippen LogP contribution in [0.3, 0.4) is 0 Å². The highest BCUT2D eigenvalue weighted by Crippen LogP contribution is 2.22. The highest BCUT2D eigenvalue weighted by atomic mass is 32.2. The highest BCUT2D eigenvalue weighted by Gasteiger charge is 2.32. The summed E-state index contributed by atoms with van der Waals surface area (Å²) in [6.45, 7) is 5.67. The molecule has 1 aromatic carbocycles. The number of rotatable bonds is 8. The molecule has 1 saturated heterocycles. The van der Waals surface area contributed by atoms with Crippen molar-refractivity contribution in [3.8, 4) is 0 Å². The number of carbonyl (C=O) groups is 1. The van der Waals surface area contributed by atoms with Crippen molar-refractivity contribution in [1.82, 2.24) is 15.4 Å². The van der Waals surface area contributed by atoms with E-state index in [9.17, 15) is 18.3 Å². The molecule has 3 atom stereocenters. The first-order valence-corrected chi connectivity index (χ1v) is 11.1. The van der Waals surface area contributed by atoms with Gasteiger partial charge < -0.3 is 20.5 Å². The summed E-state index contributed by atoms with van der Waals surface area (Å²) in [6, 6.07) is 6.13. The molecular formula is C19H31N3O5S. The van der Waals surface area contributed by atoms with Gasteiger partial charge in [-0.15, -0.1) is 0 Å². The molecule has 8 nitrogen and oxygen atoms in total. The third-order valence-corrected chi connectivity index (χ3v) is 6.10. The van der Waals surface area contributed by atoms with E-state index >= 15 is 0 Å². The van der Waals surface area contributed by atoms with Crippen LogP contribution in [0, 0.1) is 6.92 Å². The van der Waals surface area contributed by atoms with Gasteiger partial charge in [0, 0.05) is 12.6 Å². The molecule has 0 unspecified atom stereocenters. The Morgan fingerprint density at radius 2 is 1.93 bits per heavy atom. The molecule has 0 spiro atoms. The Morgan fingerprint density at radius 1 is 1.25 bits per heavy atom. The number of aryl methyl sites for hydroxylation is 1. The second-order valence-electron chi connectivity index (χ2n) is 7.43. The number of ether oxygens (including phenoxy) is 1. The average Bonchev–Trinajstić information content (AvgIpc) is 2.62. The first-order chi connectivity index (χ1) is 13.2. The van der Waals surface area contributed by atoms with Crippen LogP contribution in [0.2, 0.25) is 0 Å². The summed E-state index contributed by atoms with van der Waals surface area (Å²) in [5, 5.41) is 15.2. The molecule has 0 saturated carbocycles. The van der Waals surface area contributed by atoms with E-state index in [2.05, 4.69) is 15.4 Å². The fourth-order valence-electron chi connectivity index (χ4n) is 3.14. The predicted octanol–water partition coefficient (Wildman–Crippen LogP) is 1.28. The van der Waals surface area contributed by atoms with Crippen molar-refractivity contribution in [3.63, 3.8) is 0 Å². The molecule has 9 heteroatoms. The van der Waals surface area contributed by atoms with Crippen molar-refractivity contribution in [2.75, 3.05) is 13.2 Å².